The van der Waals surface area contributed by atoms with Crippen molar-refractivity contribution in [2.75, 3.05) is 13.1 Å². The second kappa shape index (κ2) is 8.65. The molecule has 0 radical (unpaired) electrons. The highest BCUT2D eigenvalue weighted by atomic mass is 35.5. The van der Waals surface area contributed by atoms with Crippen LogP contribution in [0.2, 0.25) is 5.02 Å². The molecule has 2 heterocycles. The van der Waals surface area contributed by atoms with E-state index in [2.05, 4.69) is 0 Å². The molecular formula is C23H25ClN2O4S. The first-order valence-corrected chi connectivity index (χ1v) is 12.2. The molecule has 4 rings (SSSR count). The number of benzene rings is 2. The lowest BCUT2D eigenvalue weighted by atomic mass is 10.2. The summed E-state index contributed by atoms with van der Waals surface area (Å²) in [7, 11) is -3.64. The number of rotatable bonds is 5. The van der Waals surface area contributed by atoms with E-state index < -0.39 is 9.84 Å². The minimum Gasteiger partial charge on any atom is -0.372 e. The summed E-state index contributed by atoms with van der Waals surface area (Å²) >= 11 is 6.02. The SMILES string of the molecule is C[C@H]1CN(C(=O)Cn2cc(S(=O)(=O)Cc3cccc(Cl)c3)c3ccccc32)C[C@H](C)O1. The first-order valence-electron chi connectivity index (χ1n) is 10.2. The highest BCUT2D eigenvalue weighted by molar-refractivity contribution is 7.90. The van der Waals surface area contributed by atoms with Crippen LogP contribution in [0.4, 0.5) is 0 Å². The fourth-order valence-corrected chi connectivity index (χ4v) is 5.93. The minimum absolute atomic E-state index is 0.0252. The van der Waals surface area contributed by atoms with Gasteiger partial charge in [0.2, 0.25) is 5.91 Å². The zero-order valence-corrected chi connectivity index (χ0v) is 19.1. The van der Waals surface area contributed by atoms with Crippen molar-refractivity contribution in [1.29, 1.82) is 0 Å². The molecule has 164 valence electrons. The van der Waals surface area contributed by atoms with Gasteiger partial charge in [-0.1, -0.05) is 41.9 Å². The molecule has 0 saturated carbocycles. The Labute approximate surface area is 187 Å². The van der Waals surface area contributed by atoms with E-state index in [0.29, 0.717) is 29.1 Å². The van der Waals surface area contributed by atoms with Gasteiger partial charge in [-0.3, -0.25) is 4.79 Å². The maximum absolute atomic E-state index is 13.2. The van der Waals surface area contributed by atoms with E-state index in [1.807, 2.05) is 26.0 Å². The number of halogens is 1. The number of carbonyl (C=O) groups excluding carboxylic acids is 1. The molecule has 8 heteroatoms. The van der Waals surface area contributed by atoms with Gasteiger partial charge in [-0.2, -0.15) is 0 Å². The van der Waals surface area contributed by atoms with Gasteiger partial charge in [0, 0.05) is 35.2 Å². The van der Waals surface area contributed by atoms with Crippen LogP contribution in [0.3, 0.4) is 0 Å². The number of ether oxygens (including phenoxy) is 1. The lowest BCUT2D eigenvalue weighted by molar-refractivity contribution is -0.143. The largest absolute Gasteiger partial charge is 0.372 e. The Kier molecular flexibility index (Phi) is 6.10. The zero-order valence-electron chi connectivity index (χ0n) is 17.5. The van der Waals surface area contributed by atoms with Crippen LogP contribution in [0.1, 0.15) is 19.4 Å². The number of fused-ring (bicyclic) bond motifs is 1. The summed E-state index contributed by atoms with van der Waals surface area (Å²) in [5.74, 6) is -0.213. The number of aromatic nitrogens is 1. The number of amides is 1. The van der Waals surface area contributed by atoms with Crippen molar-refractivity contribution in [3.8, 4) is 0 Å². The number of para-hydroxylation sites is 1. The molecule has 2 aromatic carbocycles. The van der Waals surface area contributed by atoms with Crippen LogP contribution in [-0.4, -0.2) is 49.1 Å². The van der Waals surface area contributed by atoms with Gasteiger partial charge in [0.05, 0.1) is 22.9 Å². The maximum atomic E-state index is 13.2. The first-order chi connectivity index (χ1) is 14.7. The lowest BCUT2D eigenvalue weighted by Crippen LogP contribution is -2.49. The Morgan fingerprint density at radius 2 is 1.81 bits per heavy atom. The van der Waals surface area contributed by atoms with Crippen LogP contribution >= 0.6 is 11.6 Å². The summed E-state index contributed by atoms with van der Waals surface area (Å²) in [5, 5.41) is 1.11. The summed E-state index contributed by atoms with van der Waals surface area (Å²) in [6.45, 7) is 5.03. The Bertz CT molecular complexity index is 1210. The molecule has 3 aromatic rings. The monoisotopic (exact) mass is 460 g/mol. The van der Waals surface area contributed by atoms with Crippen molar-refractivity contribution in [2.24, 2.45) is 0 Å². The number of hydrogen-bond acceptors (Lipinski definition) is 4. The second-order valence-corrected chi connectivity index (χ2v) is 10.5. The normalized spacial score (nSPS) is 19.6. The highest BCUT2D eigenvalue weighted by Gasteiger charge is 2.27. The van der Waals surface area contributed by atoms with Gasteiger partial charge in [0.25, 0.3) is 0 Å². The van der Waals surface area contributed by atoms with E-state index in [1.54, 1.807) is 52.1 Å². The van der Waals surface area contributed by atoms with E-state index in [4.69, 9.17) is 16.3 Å². The van der Waals surface area contributed by atoms with Gasteiger partial charge < -0.3 is 14.2 Å². The predicted octanol–water partition coefficient (Wildman–Crippen LogP) is 3.90. The molecule has 0 N–H and O–H groups in total. The number of carbonyl (C=O) groups is 1. The van der Waals surface area contributed by atoms with Crippen molar-refractivity contribution in [3.05, 3.63) is 65.3 Å². The van der Waals surface area contributed by atoms with Crippen molar-refractivity contribution < 1.29 is 17.9 Å². The summed E-state index contributed by atoms with van der Waals surface area (Å²) in [5.41, 5.74) is 1.34. The molecule has 1 aliphatic rings. The van der Waals surface area contributed by atoms with Crippen molar-refractivity contribution in [2.45, 2.75) is 43.2 Å². The molecule has 1 fully saturated rings. The van der Waals surface area contributed by atoms with Crippen LogP contribution in [0, 0.1) is 0 Å². The topological polar surface area (TPSA) is 68.6 Å². The quantitative estimate of drug-likeness (QED) is 0.579. The van der Waals surface area contributed by atoms with Crippen molar-refractivity contribution in [3.63, 3.8) is 0 Å². The predicted molar refractivity (Wildman–Crippen MR) is 121 cm³/mol. The van der Waals surface area contributed by atoms with Gasteiger partial charge in [0.15, 0.2) is 9.84 Å². The molecular weight excluding hydrogens is 436 g/mol. The molecule has 0 spiro atoms. The van der Waals surface area contributed by atoms with Crippen molar-refractivity contribution in [1.82, 2.24) is 9.47 Å². The highest BCUT2D eigenvalue weighted by Crippen LogP contribution is 2.29. The number of nitrogens with zero attached hydrogens (tertiary/aromatic N) is 2. The molecule has 1 aromatic heterocycles. The Morgan fingerprint density at radius 1 is 1.10 bits per heavy atom. The molecule has 6 nitrogen and oxygen atoms in total. The maximum Gasteiger partial charge on any atom is 0.242 e. The standard InChI is InChI=1S/C23H25ClN2O4S/c1-16-11-26(12-17(2)30-16)23(27)14-25-13-22(20-8-3-4-9-21(20)25)31(28,29)15-18-6-5-7-19(24)10-18/h3-10,13,16-17H,11-12,14-15H2,1-2H3/t16-,17-/m0/s1. The van der Waals surface area contributed by atoms with E-state index in [-0.39, 0.29) is 35.3 Å². The van der Waals surface area contributed by atoms with Crippen LogP contribution in [0.25, 0.3) is 10.9 Å². The third kappa shape index (κ3) is 4.79. The zero-order chi connectivity index (χ0) is 22.2. The van der Waals surface area contributed by atoms with Gasteiger partial charge >= 0.3 is 0 Å². The van der Waals surface area contributed by atoms with E-state index >= 15 is 0 Å². The van der Waals surface area contributed by atoms with Gasteiger partial charge in [0.1, 0.15) is 6.54 Å². The molecule has 1 amide bonds. The lowest BCUT2D eigenvalue weighted by Gasteiger charge is -2.35. The Balaban J connectivity index is 1.65. The first kappa shape index (κ1) is 21.9. The molecule has 0 bridgehead atoms. The van der Waals surface area contributed by atoms with Gasteiger partial charge in [-0.25, -0.2) is 8.42 Å². The van der Waals surface area contributed by atoms with E-state index in [0.717, 1.165) is 5.52 Å². The molecule has 1 aliphatic heterocycles. The molecule has 0 aliphatic carbocycles. The fraction of sp³-hybridized carbons (Fsp3) is 0.348. The molecule has 2 atom stereocenters. The Hall–Kier alpha value is -2.35. The average molecular weight is 461 g/mol. The van der Waals surface area contributed by atoms with Crippen LogP contribution in [-0.2, 0) is 31.7 Å². The van der Waals surface area contributed by atoms with E-state index in [9.17, 15) is 13.2 Å². The minimum atomic E-state index is -3.64. The van der Waals surface area contributed by atoms with Gasteiger partial charge in [-0.15, -0.1) is 0 Å². The number of sulfone groups is 1. The summed E-state index contributed by atoms with van der Waals surface area (Å²) in [4.78, 5) is 15.0. The number of hydrogen-bond donors (Lipinski definition) is 0. The smallest absolute Gasteiger partial charge is 0.242 e. The summed E-state index contributed by atoms with van der Waals surface area (Å²) in [6, 6.07) is 14.1. The van der Waals surface area contributed by atoms with E-state index in [1.165, 1.54) is 0 Å². The molecule has 1 saturated heterocycles. The second-order valence-electron chi connectivity index (χ2n) is 8.08. The van der Waals surface area contributed by atoms with Gasteiger partial charge in [-0.05, 0) is 37.6 Å². The number of morpholine rings is 1. The summed E-state index contributed by atoms with van der Waals surface area (Å²) in [6.07, 6.45) is 1.53. The third-order valence-corrected chi connectivity index (χ3v) is 7.35. The summed E-state index contributed by atoms with van der Waals surface area (Å²) < 4.78 is 33.9. The molecule has 31 heavy (non-hydrogen) atoms. The van der Waals surface area contributed by atoms with Crippen molar-refractivity contribution >= 4 is 38.2 Å². The van der Waals surface area contributed by atoms with Crippen LogP contribution < -0.4 is 0 Å². The molecule has 0 unspecified atom stereocenters. The third-order valence-electron chi connectivity index (χ3n) is 5.41. The van der Waals surface area contributed by atoms with Crippen LogP contribution in [0.15, 0.2) is 59.6 Å². The Morgan fingerprint density at radius 3 is 2.52 bits per heavy atom. The fourth-order valence-electron chi connectivity index (χ4n) is 4.14. The average Bonchev–Trinajstić information content (AvgIpc) is 3.06. The van der Waals surface area contributed by atoms with Crippen LogP contribution in [0.5, 0.6) is 0 Å².